The van der Waals surface area contributed by atoms with Crippen LogP contribution < -0.4 is 5.32 Å². The van der Waals surface area contributed by atoms with Crippen molar-refractivity contribution in [2.24, 2.45) is 0 Å². The predicted molar refractivity (Wildman–Crippen MR) is 75.3 cm³/mol. The smallest absolute Gasteiger partial charge is 0.317 e. The number of aliphatic carboxylic acids is 1. The van der Waals surface area contributed by atoms with Crippen LogP contribution in [0.25, 0.3) is 0 Å². The number of nitrogens with zero attached hydrogens (tertiary/aromatic N) is 1. The van der Waals surface area contributed by atoms with Crippen molar-refractivity contribution < 1.29 is 14.7 Å². The number of nitrogens with one attached hydrogen (secondary N) is 1. The van der Waals surface area contributed by atoms with Gasteiger partial charge in [0.15, 0.2) is 0 Å². The molecule has 1 rings (SSSR count). The number of amides is 2. The van der Waals surface area contributed by atoms with Crippen LogP contribution in [0, 0.1) is 0 Å². The van der Waals surface area contributed by atoms with Crippen LogP contribution >= 0.6 is 11.3 Å². The minimum absolute atomic E-state index is 0.0529. The number of carbonyl (C=O) groups excluding carboxylic acids is 1. The normalized spacial score (nSPS) is 10.5. The monoisotopic (exact) mass is 284 g/mol. The zero-order chi connectivity index (χ0) is 14.3. The first-order chi connectivity index (χ1) is 9.00. The zero-order valence-corrected chi connectivity index (χ0v) is 12.1. The Hall–Kier alpha value is -1.56. The minimum atomic E-state index is -0.831. The van der Waals surface area contributed by atoms with Crippen LogP contribution in [0.15, 0.2) is 17.5 Å². The minimum Gasteiger partial charge on any atom is -0.481 e. The SMILES string of the molecule is CC(C)N(CCCC(=O)O)C(=O)NCc1cccs1. The van der Waals surface area contributed by atoms with Crippen molar-refractivity contribution in [1.82, 2.24) is 10.2 Å². The summed E-state index contributed by atoms with van der Waals surface area (Å²) in [5.41, 5.74) is 0. The topological polar surface area (TPSA) is 69.6 Å². The fourth-order valence-electron chi connectivity index (χ4n) is 1.67. The molecule has 0 aliphatic carbocycles. The fourth-order valence-corrected chi connectivity index (χ4v) is 2.32. The third kappa shape index (κ3) is 5.74. The molecule has 0 aromatic carbocycles. The van der Waals surface area contributed by atoms with Crippen molar-refractivity contribution in [3.8, 4) is 0 Å². The predicted octanol–water partition coefficient (Wildman–Crippen LogP) is 2.53. The maximum atomic E-state index is 12.0. The molecular formula is C13H20N2O3S. The summed E-state index contributed by atoms with van der Waals surface area (Å²) in [5.74, 6) is -0.831. The molecule has 106 valence electrons. The number of carbonyl (C=O) groups is 2. The van der Waals surface area contributed by atoms with Gasteiger partial charge < -0.3 is 15.3 Å². The lowest BCUT2D eigenvalue weighted by Gasteiger charge is -2.26. The van der Waals surface area contributed by atoms with Crippen LogP contribution in [0.1, 0.15) is 31.6 Å². The largest absolute Gasteiger partial charge is 0.481 e. The highest BCUT2D eigenvalue weighted by Crippen LogP contribution is 2.08. The Morgan fingerprint density at radius 3 is 2.74 bits per heavy atom. The van der Waals surface area contributed by atoms with Crippen LogP contribution in [0.5, 0.6) is 0 Å². The van der Waals surface area contributed by atoms with E-state index in [1.54, 1.807) is 16.2 Å². The van der Waals surface area contributed by atoms with Crippen molar-refractivity contribution in [3.05, 3.63) is 22.4 Å². The Balaban J connectivity index is 2.41. The summed E-state index contributed by atoms with van der Waals surface area (Å²) in [7, 11) is 0. The quantitative estimate of drug-likeness (QED) is 0.808. The van der Waals surface area contributed by atoms with Crippen LogP contribution in [0.4, 0.5) is 4.79 Å². The van der Waals surface area contributed by atoms with Crippen LogP contribution in [-0.2, 0) is 11.3 Å². The molecule has 0 bridgehead atoms. The zero-order valence-electron chi connectivity index (χ0n) is 11.3. The molecule has 19 heavy (non-hydrogen) atoms. The molecule has 0 aliphatic rings. The molecule has 0 radical (unpaired) electrons. The van der Waals surface area contributed by atoms with E-state index in [9.17, 15) is 9.59 Å². The summed E-state index contributed by atoms with van der Waals surface area (Å²) in [5, 5.41) is 13.4. The molecule has 6 heteroatoms. The van der Waals surface area contributed by atoms with Gasteiger partial charge in [0.25, 0.3) is 0 Å². The summed E-state index contributed by atoms with van der Waals surface area (Å²) in [6, 6.07) is 3.82. The molecule has 1 aromatic rings. The van der Waals surface area contributed by atoms with Gasteiger partial charge in [0.05, 0.1) is 6.54 Å². The second-order valence-corrected chi connectivity index (χ2v) is 5.55. The molecule has 0 saturated heterocycles. The van der Waals surface area contributed by atoms with Gasteiger partial charge in [0.2, 0.25) is 0 Å². The van der Waals surface area contributed by atoms with Crippen molar-refractivity contribution in [2.75, 3.05) is 6.54 Å². The molecule has 2 amide bonds. The van der Waals surface area contributed by atoms with Crippen LogP contribution in [-0.4, -0.2) is 34.6 Å². The molecule has 0 aliphatic heterocycles. The van der Waals surface area contributed by atoms with E-state index in [1.165, 1.54) is 0 Å². The van der Waals surface area contributed by atoms with Gasteiger partial charge in [-0.3, -0.25) is 4.79 Å². The van der Waals surface area contributed by atoms with E-state index in [-0.39, 0.29) is 18.5 Å². The molecule has 0 fully saturated rings. The average Bonchev–Trinajstić information content (AvgIpc) is 2.84. The van der Waals surface area contributed by atoms with Gasteiger partial charge in [-0.15, -0.1) is 11.3 Å². The van der Waals surface area contributed by atoms with Gasteiger partial charge in [-0.1, -0.05) is 6.07 Å². The molecular weight excluding hydrogens is 264 g/mol. The first kappa shape index (κ1) is 15.5. The second kappa shape index (κ2) is 7.78. The lowest BCUT2D eigenvalue weighted by molar-refractivity contribution is -0.137. The average molecular weight is 284 g/mol. The van der Waals surface area contributed by atoms with Gasteiger partial charge >= 0.3 is 12.0 Å². The Kier molecular flexibility index (Phi) is 6.35. The fraction of sp³-hybridized carbons (Fsp3) is 0.538. The summed E-state index contributed by atoms with van der Waals surface area (Å²) in [6.45, 7) is 4.82. The Bertz CT molecular complexity index is 404. The maximum absolute atomic E-state index is 12.0. The molecule has 0 saturated carbocycles. The Labute approximate surface area is 117 Å². The van der Waals surface area contributed by atoms with E-state index in [2.05, 4.69) is 5.32 Å². The molecule has 2 N–H and O–H groups in total. The third-order valence-corrected chi connectivity index (χ3v) is 3.54. The highest BCUT2D eigenvalue weighted by atomic mass is 32.1. The lowest BCUT2D eigenvalue weighted by Crippen LogP contribution is -2.44. The van der Waals surface area contributed by atoms with E-state index in [4.69, 9.17) is 5.11 Å². The van der Waals surface area contributed by atoms with E-state index < -0.39 is 5.97 Å². The van der Waals surface area contributed by atoms with Crippen molar-refractivity contribution in [1.29, 1.82) is 0 Å². The maximum Gasteiger partial charge on any atom is 0.317 e. The molecule has 0 unspecified atom stereocenters. The van der Waals surface area contributed by atoms with E-state index in [0.717, 1.165) is 4.88 Å². The van der Waals surface area contributed by atoms with Crippen molar-refractivity contribution in [3.63, 3.8) is 0 Å². The number of hydrogen-bond donors (Lipinski definition) is 2. The molecule has 5 nitrogen and oxygen atoms in total. The Morgan fingerprint density at radius 2 is 2.21 bits per heavy atom. The summed E-state index contributed by atoms with van der Waals surface area (Å²) < 4.78 is 0. The third-order valence-electron chi connectivity index (χ3n) is 2.67. The first-order valence-electron chi connectivity index (χ1n) is 6.29. The van der Waals surface area contributed by atoms with Gasteiger partial charge in [-0.25, -0.2) is 4.79 Å². The molecule has 0 spiro atoms. The number of carboxylic acid groups (broad SMARTS) is 1. The molecule has 1 aromatic heterocycles. The van der Waals surface area contributed by atoms with Crippen LogP contribution in [0.2, 0.25) is 0 Å². The molecule has 1 heterocycles. The standard InChI is InChI=1S/C13H20N2O3S/c1-10(2)15(7-3-6-12(16)17)13(18)14-9-11-5-4-8-19-11/h4-5,8,10H,3,6-7,9H2,1-2H3,(H,14,18)(H,16,17). The number of carboxylic acids is 1. The van der Waals surface area contributed by atoms with Crippen molar-refractivity contribution in [2.45, 2.75) is 39.3 Å². The highest BCUT2D eigenvalue weighted by Gasteiger charge is 2.16. The van der Waals surface area contributed by atoms with Crippen LogP contribution in [0.3, 0.4) is 0 Å². The second-order valence-electron chi connectivity index (χ2n) is 4.52. The number of hydrogen-bond acceptors (Lipinski definition) is 3. The summed E-state index contributed by atoms with van der Waals surface area (Å²) in [4.78, 5) is 25.3. The van der Waals surface area contributed by atoms with E-state index in [1.807, 2.05) is 31.4 Å². The number of rotatable bonds is 7. The van der Waals surface area contributed by atoms with Gasteiger partial charge in [-0.05, 0) is 31.7 Å². The van der Waals surface area contributed by atoms with Gasteiger partial charge in [0.1, 0.15) is 0 Å². The van der Waals surface area contributed by atoms with Crippen molar-refractivity contribution >= 4 is 23.3 Å². The summed E-state index contributed by atoms with van der Waals surface area (Å²) >= 11 is 1.60. The number of thiophene rings is 1. The van der Waals surface area contributed by atoms with Gasteiger partial charge in [0, 0.05) is 23.9 Å². The highest BCUT2D eigenvalue weighted by molar-refractivity contribution is 7.09. The Morgan fingerprint density at radius 1 is 1.47 bits per heavy atom. The lowest BCUT2D eigenvalue weighted by atomic mass is 10.2. The van der Waals surface area contributed by atoms with E-state index in [0.29, 0.717) is 19.5 Å². The number of urea groups is 1. The first-order valence-corrected chi connectivity index (χ1v) is 7.17. The van der Waals surface area contributed by atoms with Gasteiger partial charge in [-0.2, -0.15) is 0 Å². The summed E-state index contributed by atoms with van der Waals surface area (Å²) in [6.07, 6.45) is 0.557. The van der Waals surface area contributed by atoms with E-state index >= 15 is 0 Å². The molecule has 0 atom stereocenters.